The summed E-state index contributed by atoms with van der Waals surface area (Å²) in [5.74, 6) is -0.0896. The first kappa shape index (κ1) is 21.9. The fourth-order valence-corrected chi connectivity index (χ4v) is 4.93. The van der Waals surface area contributed by atoms with Gasteiger partial charge >= 0.3 is 4.87 Å². The highest BCUT2D eigenvalue weighted by Gasteiger charge is 2.18. The number of hydrogen-bond donors (Lipinski definition) is 2. The molecule has 2 heterocycles. The van der Waals surface area contributed by atoms with Crippen molar-refractivity contribution in [2.24, 2.45) is 0 Å². The lowest BCUT2D eigenvalue weighted by atomic mass is 10.1. The van der Waals surface area contributed by atoms with Gasteiger partial charge in [0.15, 0.2) is 0 Å². The molecule has 6 nitrogen and oxygen atoms in total. The van der Waals surface area contributed by atoms with Crippen molar-refractivity contribution in [1.29, 1.82) is 0 Å². The maximum atomic E-state index is 12.4. The largest absolute Gasteiger partial charge is 0.369 e. The molecule has 1 aliphatic rings. The van der Waals surface area contributed by atoms with Crippen molar-refractivity contribution in [2.45, 2.75) is 19.8 Å². The van der Waals surface area contributed by atoms with Crippen LogP contribution in [0.1, 0.15) is 28.8 Å². The molecule has 2 aromatic carbocycles. The highest BCUT2D eigenvalue weighted by molar-refractivity contribution is 7.16. The highest BCUT2D eigenvalue weighted by Crippen LogP contribution is 2.25. The van der Waals surface area contributed by atoms with Crippen molar-refractivity contribution >= 4 is 44.7 Å². The monoisotopic (exact) mass is 458 g/mol. The number of hydrogen-bond acceptors (Lipinski definition) is 5. The lowest BCUT2D eigenvalue weighted by molar-refractivity contribution is 0.0952. The Kier molecular flexibility index (Phi) is 6.95. The normalized spacial score (nSPS) is 14.8. The van der Waals surface area contributed by atoms with E-state index in [2.05, 4.69) is 39.2 Å². The number of fused-ring (bicyclic) bond motifs is 1. The number of amides is 1. The maximum Gasteiger partial charge on any atom is 0.305 e. The average molecular weight is 459 g/mol. The first-order chi connectivity index (χ1) is 15.0. The summed E-state index contributed by atoms with van der Waals surface area (Å²) in [5.41, 5.74) is 3.87. The number of piperazine rings is 1. The number of carbonyl (C=O) groups is 1. The van der Waals surface area contributed by atoms with E-state index < -0.39 is 0 Å². The molecule has 1 aliphatic heterocycles. The number of carbonyl (C=O) groups excluding carboxylic acids is 1. The molecule has 0 saturated carbocycles. The van der Waals surface area contributed by atoms with E-state index in [0.29, 0.717) is 12.1 Å². The molecule has 0 bridgehead atoms. The third kappa shape index (κ3) is 5.47. The van der Waals surface area contributed by atoms with Crippen LogP contribution < -0.4 is 15.1 Å². The van der Waals surface area contributed by atoms with Gasteiger partial charge in [0.05, 0.1) is 10.2 Å². The van der Waals surface area contributed by atoms with Crippen LogP contribution in [0.4, 0.5) is 5.69 Å². The summed E-state index contributed by atoms with van der Waals surface area (Å²) in [7, 11) is 0. The maximum absolute atomic E-state index is 12.4. The minimum atomic E-state index is -0.101. The molecule has 8 heteroatoms. The first-order valence-corrected chi connectivity index (χ1v) is 11.8. The summed E-state index contributed by atoms with van der Waals surface area (Å²) in [6.45, 7) is 7.92. The van der Waals surface area contributed by atoms with Crippen molar-refractivity contribution in [3.05, 3.63) is 62.2 Å². The zero-order chi connectivity index (χ0) is 21.8. The Labute approximate surface area is 190 Å². The number of thiazole rings is 1. The zero-order valence-electron chi connectivity index (χ0n) is 17.6. The molecule has 1 fully saturated rings. The Morgan fingerprint density at radius 3 is 2.74 bits per heavy atom. The molecule has 2 N–H and O–H groups in total. The number of aromatic nitrogens is 1. The van der Waals surface area contributed by atoms with Crippen LogP contribution in [0.3, 0.4) is 0 Å². The number of nitrogens with zero attached hydrogens (tertiary/aromatic N) is 2. The van der Waals surface area contributed by atoms with Gasteiger partial charge in [0.25, 0.3) is 5.91 Å². The quantitative estimate of drug-likeness (QED) is 0.527. The van der Waals surface area contributed by atoms with Crippen LogP contribution >= 0.6 is 22.9 Å². The summed E-state index contributed by atoms with van der Waals surface area (Å²) in [4.78, 5) is 31.3. The number of aromatic amines is 1. The third-order valence-electron chi connectivity index (χ3n) is 5.75. The number of rotatable bonds is 7. The van der Waals surface area contributed by atoms with Crippen molar-refractivity contribution in [3.8, 4) is 0 Å². The molecule has 164 valence electrons. The second kappa shape index (κ2) is 9.85. The fourth-order valence-electron chi connectivity index (χ4n) is 3.99. The molecule has 0 unspecified atom stereocenters. The topological polar surface area (TPSA) is 68.4 Å². The summed E-state index contributed by atoms with van der Waals surface area (Å²) < 4.78 is 0.810. The van der Waals surface area contributed by atoms with Gasteiger partial charge in [0.2, 0.25) is 0 Å². The van der Waals surface area contributed by atoms with E-state index in [-0.39, 0.29) is 10.8 Å². The molecule has 3 aromatic rings. The van der Waals surface area contributed by atoms with Crippen LogP contribution in [-0.2, 0) is 0 Å². The second-order valence-corrected chi connectivity index (χ2v) is 9.40. The van der Waals surface area contributed by atoms with Gasteiger partial charge in [-0.2, -0.15) is 0 Å². The van der Waals surface area contributed by atoms with Gasteiger partial charge in [-0.1, -0.05) is 29.0 Å². The second-order valence-electron chi connectivity index (χ2n) is 7.95. The van der Waals surface area contributed by atoms with Crippen LogP contribution in [0.2, 0.25) is 5.02 Å². The van der Waals surface area contributed by atoms with Gasteiger partial charge in [-0.05, 0) is 62.2 Å². The molecule has 0 radical (unpaired) electrons. The van der Waals surface area contributed by atoms with Gasteiger partial charge in [-0.3, -0.25) is 14.5 Å². The van der Waals surface area contributed by atoms with Crippen molar-refractivity contribution in [1.82, 2.24) is 15.2 Å². The average Bonchev–Trinajstić information content (AvgIpc) is 3.14. The Bertz CT molecular complexity index is 1120. The minimum Gasteiger partial charge on any atom is -0.369 e. The van der Waals surface area contributed by atoms with Crippen LogP contribution in [-0.4, -0.2) is 55.1 Å². The Balaban J connectivity index is 1.16. The molecule has 0 spiro atoms. The van der Waals surface area contributed by atoms with Crippen molar-refractivity contribution in [3.63, 3.8) is 0 Å². The number of unbranched alkanes of at least 4 members (excludes halogenated alkanes) is 1. The van der Waals surface area contributed by atoms with E-state index in [1.54, 1.807) is 18.2 Å². The third-order valence-corrected chi connectivity index (χ3v) is 6.83. The summed E-state index contributed by atoms with van der Waals surface area (Å²) in [6.07, 6.45) is 1.99. The SMILES string of the molecule is Cc1ccc(Cl)cc1N1CCN(CCCCNC(=O)c2ccc3[nH]c(=O)sc3c2)CC1. The molecule has 1 saturated heterocycles. The highest BCUT2D eigenvalue weighted by atomic mass is 35.5. The van der Waals surface area contributed by atoms with E-state index in [1.807, 2.05) is 6.07 Å². The Morgan fingerprint density at radius 2 is 1.94 bits per heavy atom. The molecule has 0 atom stereocenters. The summed E-state index contributed by atoms with van der Waals surface area (Å²) in [5, 5.41) is 3.77. The molecule has 31 heavy (non-hydrogen) atoms. The number of H-pyrrole nitrogens is 1. The summed E-state index contributed by atoms with van der Waals surface area (Å²) >= 11 is 7.30. The predicted molar refractivity (Wildman–Crippen MR) is 129 cm³/mol. The molecule has 4 rings (SSSR count). The molecule has 0 aliphatic carbocycles. The van der Waals surface area contributed by atoms with E-state index in [4.69, 9.17) is 11.6 Å². The van der Waals surface area contributed by atoms with Gasteiger partial charge < -0.3 is 15.2 Å². The number of anilines is 1. The van der Waals surface area contributed by atoms with Crippen LogP contribution in [0, 0.1) is 6.92 Å². The van der Waals surface area contributed by atoms with Crippen LogP contribution in [0.15, 0.2) is 41.2 Å². The molecule has 1 aromatic heterocycles. The number of nitrogens with one attached hydrogen (secondary N) is 2. The molecular weight excluding hydrogens is 432 g/mol. The van der Waals surface area contributed by atoms with E-state index in [1.165, 1.54) is 11.3 Å². The van der Waals surface area contributed by atoms with Crippen LogP contribution in [0.25, 0.3) is 10.2 Å². The van der Waals surface area contributed by atoms with Gasteiger partial charge in [0, 0.05) is 49.0 Å². The molecule has 1 amide bonds. The van der Waals surface area contributed by atoms with E-state index >= 15 is 0 Å². The lowest BCUT2D eigenvalue weighted by Gasteiger charge is -2.37. The van der Waals surface area contributed by atoms with Crippen molar-refractivity contribution in [2.75, 3.05) is 44.2 Å². The Morgan fingerprint density at radius 1 is 1.13 bits per heavy atom. The number of benzene rings is 2. The van der Waals surface area contributed by atoms with Gasteiger partial charge in [0.1, 0.15) is 0 Å². The number of aryl methyl sites for hydroxylation is 1. The van der Waals surface area contributed by atoms with Crippen molar-refractivity contribution < 1.29 is 4.79 Å². The minimum absolute atomic E-state index is 0.0896. The zero-order valence-corrected chi connectivity index (χ0v) is 19.2. The fraction of sp³-hybridized carbons (Fsp3) is 0.391. The van der Waals surface area contributed by atoms with E-state index in [0.717, 1.165) is 72.1 Å². The van der Waals surface area contributed by atoms with E-state index in [9.17, 15) is 9.59 Å². The summed E-state index contributed by atoms with van der Waals surface area (Å²) in [6, 6.07) is 11.4. The standard InChI is InChI=1S/C23H27ClN4O2S/c1-16-4-6-18(24)15-20(16)28-12-10-27(11-13-28)9-3-2-8-25-22(29)17-5-7-19-21(14-17)31-23(30)26-19/h4-7,14-15H,2-3,8-13H2,1H3,(H,25,29)(H,26,30). The number of halogens is 1. The molecular formula is C23H27ClN4O2S. The van der Waals surface area contributed by atoms with Crippen LogP contribution in [0.5, 0.6) is 0 Å². The van der Waals surface area contributed by atoms with Gasteiger partial charge in [-0.25, -0.2) is 0 Å². The van der Waals surface area contributed by atoms with Gasteiger partial charge in [-0.15, -0.1) is 0 Å². The lowest BCUT2D eigenvalue weighted by Crippen LogP contribution is -2.46. The predicted octanol–water partition coefficient (Wildman–Crippen LogP) is 3.88. The Hall–Kier alpha value is -2.35. The first-order valence-electron chi connectivity index (χ1n) is 10.6. The smallest absolute Gasteiger partial charge is 0.305 e.